The van der Waals surface area contributed by atoms with Gasteiger partial charge in [0.05, 0.1) is 22.8 Å². The van der Waals surface area contributed by atoms with E-state index in [9.17, 15) is 0 Å². The lowest BCUT2D eigenvalue weighted by Crippen LogP contribution is -2.11. The van der Waals surface area contributed by atoms with Gasteiger partial charge < -0.3 is 0 Å². The molecule has 0 radical (unpaired) electrons. The first kappa shape index (κ1) is 24.8. The van der Waals surface area contributed by atoms with E-state index in [0.29, 0.717) is 0 Å². The van der Waals surface area contributed by atoms with E-state index in [-0.39, 0.29) is 0 Å². The van der Waals surface area contributed by atoms with Crippen molar-refractivity contribution in [3.05, 3.63) is 72.8 Å². The summed E-state index contributed by atoms with van der Waals surface area (Å²) in [7, 11) is 0. The van der Waals surface area contributed by atoms with Crippen LogP contribution in [0.25, 0.3) is 0 Å². The number of allylic oxidation sites excluding steroid dienone is 2. The van der Waals surface area contributed by atoms with Crippen LogP contribution in [0.2, 0.25) is 0 Å². The molecule has 0 aromatic heterocycles. The van der Waals surface area contributed by atoms with Crippen LogP contribution in [-0.4, -0.2) is 11.4 Å². The first-order valence-corrected chi connectivity index (χ1v) is 12.3. The fourth-order valence-electron chi connectivity index (χ4n) is 3.50. The first-order chi connectivity index (χ1) is 15.3. The number of rotatable bonds is 15. The van der Waals surface area contributed by atoms with Gasteiger partial charge in [-0.15, -0.1) is 0 Å². The van der Waals surface area contributed by atoms with E-state index >= 15 is 0 Å². The Bertz CT molecular complexity index is 788. The normalized spacial score (nSPS) is 12.6. The summed E-state index contributed by atoms with van der Waals surface area (Å²) in [4.78, 5) is 9.96. The zero-order chi connectivity index (χ0) is 22.0. The average molecular weight is 417 g/mol. The van der Waals surface area contributed by atoms with Crippen LogP contribution in [0.5, 0.6) is 0 Å². The molecule has 0 spiro atoms. The van der Waals surface area contributed by atoms with Gasteiger partial charge in [-0.3, -0.25) is 4.99 Å². The summed E-state index contributed by atoms with van der Waals surface area (Å²) < 4.78 is 0. The quantitative estimate of drug-likeness (QED) is 0.204. The number of hydrogen-bond acceptors (Lipinski definition) is 2. The molecule has 2 nitrogen and oxygen atoms in total. The van der Waals surface area contributed by atoms with Gasteiger partial charge in [-0.25, -0.2) is 4.99 Å². The Balaban J connectivity index is 2.11. The van der Waals surface area contributed by atoms with Crippen LogP contribution < -0.4 is 0 Å². The first-order valence-electron chi connectivity index (χ1n) is 12.3. The lowest BCUT2D eigenvalue weighted by molar-refractivity contribution is 0.592. The Hall–Kier alpha value is -2.48. The summed E-state index contributed by atoms with van der Waals surface area (Å²) in [5, 5.41) is 0. The molecule has 2 heteroatoms. The molecule has 0 N–H and O–H groups in total. The zero-order valence-electron chi connectivity index (χ0n) is 19.6. The Morgan fingerprint density at radius 2 is 1.19 bits per heavy atom. The standard InChI is InChI=1S/C29H40N2/c1-3-5-7-8-9-10-11-12-19-25-29(31-27-22-17-14-18-23-27)28(24-6-4-2)30-26-20-15-13-16-21-26/h13-23,25H,3-12,24H2,1-2H3. The molecule has 0 saturated heterocycles. The number of aliphatic imine (C=N–C) groups is 2. The molecule has 0 saturated carbocycles. The summed E-state index contributed by atoms with van der Waals surface area (Å²) in [5.74, 6) is 0. The number of nitrogens with zero attached hydrogens (tertiary/aromatic N) is 2. The minimum absolute atomic E-state index is 0.943. The third kappa shape index (κ3) is 10.9. The third-order valence-corrected chi connectivity index (χ3v) is 5.34. The highest BCUT2D eigenvalue weighted by Gasteiger charge is 2.07. The van der Waals surface area contributed by atoms with Gasteiger partial charge in [0.25, 0.3) is 0 Å². The van der Waals surface area contributed by atoms with E-state index < -0.39 is 0 Å². The smallest absolute Gasteiger partial charge is 0.0848 e. The van der Waals surface area contributed by atoms with Crippen molar-refractivity contribution in [1.82, 2.24) is 0 Å². The fourth-order valence-corrected chi connectivity index (χ4v) is 3.50. The van der Waals surface area contributed by atoms with Crippen molar-refractivity contribution < 1.29 is 0 Å². The maximum absolute atomic E-state index is 4.98. The van der Waals surface area contributed by atoms with Crippen molar-refractivity contribution in [2.24, 2.45) is 9.98 Å². The predicted octanol–water partition coefficient (Wildman–Crippen LogP) is 9.42. The molecule has 0 unspecified atom stereocenters. The van der Waals surface area contributed by atoms with E-state index in [1.165, 1.54) is 44.9 Å². The van der Waals surface area contributed by atoms with Crippen LogP contribution in [-0.2, 0) is 0 Å². The van der Waals surface area contributed by atoms with Crippen molar-refractivity contribution in [1.29, 1.82) is 0 Å². The van der Waals surface area contributed by atoms with Gasteiger partial charge in [0.15, 0.2) is 0 Å². The molecule has 0 aliphatic heterocycles. The van der Waals surface area contributed by atoms with Gasteiger partial charge in [-0.1, -0.05) is 101 Å². The second-order valence-electron chi connectivity index (χ2n) is 8.14. The lowest BCUT2D eigenvalue weighted by atomic mass is 10.1. The molecule has 0 heterocycles. The summed E-state index contributed by atoms with van der Waals surface area (Å²) in [6, 6.07) is 20.5. The highest BCUT2D eigenvalue weighted by Crippen LogP contribution is 2.17. The van der Waals surface area contributed by atoms with Gasteiger partial charge in [0.2, 0.25) is 0 Å². The molecule has 2 rings (SSSR count). The highest BCUT2D eigenvalue weighted by atomic mass is 14.8. The second-order valence-corrected chi connectivity index (χ2v) is 8.14. The van der Waals surface area contributed by atoms with Crippen LogP contribution in [0, 0.1) is 0 Å². The molecule has 0 aliphatic rings. The van der Waals surface area contributed by atoms with E-state index in [0.717, 1.165) is 48.5 Å². The molecule has 0 aliphatic carbocycles. The molecule has 2 aromatic carbocycles. The summed E-state index contributed by atoms with van der Waals surface area (Å²) in [6.07, 6.45) is 18.2. The van der Waals surface area contributed by atoms with E-state index in [1.807, 2.05) is 36.4 Å². The minimum Gasteiger partial charge on any atom is -0.251 e. The summed E-state index contributed by atoms with van der Waals surface area (Å²) in [6.45, 7) is 4.50. The molecular formula is C29H40N2. The molecule has 31 heavy (non-hydrogen) atoms. The largest absolute Gasteiger partial charge is 0.251 e. The Morgan fingerprint density at radius 3 is 1.81 bits per heavy atom. The van der Waals surface area contributed by atoms with E-state index in [1.54, 1.807) is 0 Å². The Labute approximate surface area is 190 Å². The number of benzene rings is 2. The maximum atomic E-state index is 4.98. The topological polar surface area (TPSA) is 24.7 Å². The summed E-state index contributed by atoms with van der Waals surface area (Å²) in [5.41, 5.74) is 4.05. The predicted molar refractivity (Wildman–Crippen MR) is 138 cm³/mol. The summed E-state index contributed by atoms with van der Waals surface area (Å²) >= 11 is 0. The molecule has 166 valence electrons. The number of hydrogen-bond donors (Lipinski definition) is 0. The molecule has 2 aromatic rings. The van der Waals surface area contributed by atoms with Crippen molar-refractivity contribution in [2.75, 3.05) is 0 Å². The average Bonchev–Trinajstić information content (AvgIpc) is 2.81. The fraction of sp³-hybridized carbons (Fsp3) is 0.448. The van der Waals surface area contributed by atoms with Crippen LogP contribution in [0.4, 0.5) is 11.4 Å². The highest BCUT2D eigenvalue weighted by molar-refractivity contribution is 6.47. The molecule has 0 fully saturated rings. The van der Waals surface area contributed by atoms with Crippen LogP contribution in [0.3, 0.4) is 0 Å². The SMILES string of the molecule is CCCCCCCCCC=CC(=Nc1ccccc1)C(CCCC)=Nc1ccccc1. The van der Waals surface area contributed by atoms with Gasteiger partial charge in [0.1, 0.15) is 0 Å². The third-order valence-electron chi connectivity index (χ3n) is 5.34. The monoisotopic (exact) mass is 416 g/mol. The zero-order valence-corrected chi connectivity index (χ0v) is 19.6. The molecular weight excluding hydrogens is 376 g/mol. The van der Waals surface area contributed by atoms with Crippen molar-refractivity contribution in [3.63, 3.8) is 0 Å². The van der Waals surface area contributed by atoms with Crippen molar-refractivity contribution in [3.8, 4) is 0 Å². The Kier molecular flexibility index (Phi) is 13.0. The van der Waals surface area contributed by atoms with Crippen molar-refractivity contribution >= 4 is 22.8 Å². The lowest BCUT2D eigenvalue weighted by Gasteiger charge is -2.08. The number of unbranched alkanes of at least 4 members (excludes halogenated alkanes) is 8. The molecule has 0 atom stereocenters. The van der Waals surface area contributed by atoms with Gasteiger partial charge in [0, 0.05) is 0 Å². The second kappa shape index (κ2) is 16.2. The molecule has 0 bridgehead atoms. The van der Waals surface area contributed by atoms with Crippen LogP contribution in [0.15, 0.2) is 82.8 Å². The van der Waals surface area contributed by atoms with E-state index in [2.05, 4.69) is 50.3 Å². The van der Waals surface area contributed by atoms with Gasteiger partial charge >= 0.3 is 0 Å². The minimum atomic E-state index is 0.943. The van der Waals surface area contributed by atoms with Crippen LogP contribution in [0.1, 0.15) is 84.5 Å². The number of para-hydroxylation sites is 2. The maximum Gasteiger partial charge on any atom is 0.0848 e. The van der Waals surface area contributed by atoms with Crippen molar-refractivity contribution in [2.45, 2.75) is 84.5 Å². The van der Waals surface area contributed by atoms with Gasteiger partial charge in [-0.05, 0) is 56.0 Å². The van der Waals surface area contributed by atoms with Gasteiger partial charge in [-0.2, -0.15) is 0 Å². The molecule has 0 amide bonds. The Morgan fingerprint density at radius 1 is 0.645 bits per heavy atom. The van der Waals surface area contributed by atoms with Crippen LogP contribution >= 0.6 is 0 Å². The van der Waals surface area contributed by atoms with E-state index in [4.69, 9.17) is 9.98 Å².